The molecule has 6 N–H and O–H groups in total. The molecule has 6 aromatic rings. The molecule has 0 saturated carbocycles. The van der Waals surface area contributed by atoms with Gasteiger partial charge in [0.15, 0.2) is 5.82 Å². The fourth-order valence-electron chi connectivity index (χ4n) is 8.11. The van der Waals surface area contributed by atoms with Crippen LogP contribution in [0.1, 0.15) is 54.0 Å². The van der Waals surface area contributed by atoms with Crippen molar-refractivity contribution in [3.05, 3.63) is 83.1 Å². The van der Waals surface area contributed by atoms with Gasteiger partial charge in [-0.15, -0.1) is 11.3 Å². The SMILES string of the molecule is N#Cc1c(N)sc2c(F)ccc(-c3c(C(F)(F)F)c(O)c4c(N[C@H](CCc5cncnc5)c5cccnc5N)nc(OC[C@@]56CCCN5C[C@H](F)C6)nc4c3F)c12. The summed E-state index contributed by atoms with van der Waals surface area (Å²) >= 11 is 0.610. The Kier molecular flexibility index (Phi) is 9.64. The number of rotatable bonds is 10. The van der Waals surface area contributed by atoms with Crippen LogP contribution in [0.25, 0.3) is 32.1 Å². The number of phenols is 1. The number of thiophene rings is 1. The zero-order chi connectivity index (χ0) is 40.2. The Balaban J connectivity index is 1.36. The molecule has 0 radical (unpaired) electrons. The van der Waals surface area contributed by atoms with E-state index in [0.29, 0.717) is 41.9 Å². The lowest BCUT2D eigenvalue weighted by Gasteiger charge is -2.31. The van der Waals surface area contributed by atoms with E-state index < -0.39 is 80.7 Å². The summed E-state index contributed by atoms with van der Waals surface area (Å²) in [6.07, 6.45) is 1.51. The number of anilines is 3. The molecule has 0 bridgehead atoms. The van der Waals surface area contributed by atoms with Crippen LogP contribution in [0.2, 0.25) is 0 Å². The van der Waals surface area contributed by atoms with Gasteiger partial charge in [0.2, 0.25) is 0 Å². The number of hydrogen-bond acceptors (Lipinski definition) is 13. The maximum Gasteiger partial charge on any atom is 0.420 e. The van der Waals surface area contributed by atoms with Gasteiger partial charge in [-0.05, 0) is 55.5 Å². The van der Waals surface area contributed by atoms with Crippen molar-refractivity contribution in [2.24, 2.45) is 0 Å². The van der Waals surface area contributed by atoms with Crippen LogP contribution < -0.4 is 21.5 Å². The van der Waals surface area contributed by atoms with Crippen molar-refractivity contribution in [2.45, 2.75) is 56.0 Å². The summed E-state index contributed by atoms with van der Waals surface area (Å²) in [5.74, 6) is -4.29. The molecule has 8 rings (SSSR count). The summed E-state index contributed by atoms with van der Waals surface area (Å²) in [4.78, 5) is 22.8. The lowest BCUT2D eigenvalue weighted by atomic mass is 9.91. The maximum atomic E-state index is 17.4. The number of nitriles is 1. The molecule has 2 aliphatic heterocycles. The van der Waals surface area contributed by atoms with Crippen molar-refractivity contribution in [1.29, 1.82) is 5.26 Å². The predicted octanol–water partition coefficient (Wildman–Crippen LogP) is 7.48. The number of nitrogen functional groups attached to an aromatic ring is 2. The predicted molar refractivity (Wildman–Crippen MR) is 200 cm³/mol. The molecule has 19 heteroatoms. The molecule has 57 heavy (non-hydrogen) atoms. The highest BCUT2D eigenvalue weighted by Gasteiger charge is 2.49. The van der Waals surface area contributed by atoms with Gasteiger partial charge in [0.05, 0.1) is 27.2 Å². The smallest absolute Gasteiger partial charge is 0.420 e. The fraction of sp³-hybridized carbons (Fsp3) is 0.316. The third kappa shape index (κ3) is 6.71. The molecular formula is C38H32F6N10O2S. The van der Waals surface area contributed by atoms with Crippen molar-refractivity contribution in [3.8, 4) is 29.0 Å². The van der Waals surface area contributed by atoms with E-state index in [1.165, 1.54) is 12.5 Å². The Labute approximate surface area is 324 Å². The second-order valence-corrected chi connectivity index (χ2v) is 15.1. The molecule has 3 atom stereocenters. The van der Waals surface area contributed by atoms with Crippen molar-refractivity contribution < 1.29 is 36.2 Å². The number of phenolic OH excluding ortho intramolecular Hbond substituents is 1. The number of aromatic hydroxyl groups is 1. The largest absolute Gasteiger partial charge is 0.506 e. The number of pyridine rings is 1. The van der Waals surface area contributed by atoms with Gasteiger partial charge in [-0.3, -0.25) is 4.90 Å². The van der Waals surface area contributed by atoms with Gasteiger partial charge in [0.25, 0.3) is 0 Å². The highest BCUT2D eigenvalue weighted by Crippen LogP contribution is 2.52. The van der Waals surface area contributed by atoms with Gasteiger partial charge in [0, 0.05) is 48.1 Å². The van der Waals surface area contributed by atoms with E-state index in [4.69, 9.17) is 16.2 Å². The van der Waals surface area contributed by atoms with Crippen LogP contribution in [0.15, 0.2) is 49.2 Å². The average molecular weight is 807 g/mol. The van der Waals surface area contributed by atoms with Gasteiger partial charge < -0.3 is 26.6 Å². The summed E-state index contributed by atoms with van der Waals surface area (Å²) in [5, 5.41) is 23.4. The minimum atomic E-state index is -5.42. The van der Waals surface area contributed by atoms with Crippen LogP contribution in [-0.4, -0.2) is 66.3 Å². The number of benzene rings is 2. The van der Waals surface area contributed by atoms with Crippen molar-refractivity contribution in [3.63, 3.8) is 0 Å². The molecule has 0 unspecified atom stereocenters. The number of aromatic nitrogens is 5. The summed E-state index contributed by atoms with van der Waals surface area (Å²) in [5.41, 5.74) is 7.92. The van der Waals surface area contributed by atoms with Gasteiger partial charge in [0.1, 0.15) is 64.5 Å². The minimum Gasteiger partial charge on any atom is -0.506 e. The molecule has 2 saturated heterocycles. The van der Waals surface area contributed by atoms with Crippen LogP contribution in [0.3, 0.4) is 0 Å². The van der Waals surface area contributed by atoms with E-state index >= 15 is 22.0 Å². The highest BCUT2D eigenvalue weighted by atomic mass is 32.1. The lowest BCUT2D eigenvalue weighted by Crippen LogP contribution is -2.43. The van der Waals surface area contributed by atoms with Gasteiger partial charge in [-0.1, -0.05) is 12.1 Å². The van der Waals surface area contributed by atoms with Crippen molar-refractivity contribution in [2.75, 3.05) is 36.5 Å². The number of ether oxygens (including phenoxy) is 1. The van der Waals surface area contributed by atoms with Crippen LogP contribution in [0.5, 0.6) is 11.8 Å². The number of alkyl halides is 4. The standard InChI is InChI=1S/C38H32F6N10O2S/c39-19-11-37(8-2-10-54(37)15-19)16-56-36-52-30-27(35(53-36)51-24(20-3-1-9-50-33(20)46)7-4-18-13-48-17-49-14-18)31(55)28(38(42,43)44)26(29(30)41)21-5-6-23(40)32-25(21)22(12-45)34(47)57-32/h1,3,5-6,9,13-14,17,19,24,55H,2,4,7-8,10-11,15-16,47H2,(H2,46,50)(H,51,52,53)/t19-,24-,37+/m1/s1. The van der Waals surface area contributed by atoms with E-state index in [2.05, 4.69) is 30.2 Å². The Morgan fingerprint density at radius 1 is 1.14 bits per heavy atom. The van der Waals surface area contributed by atoms with Crippen LogP contribution in [0, 0.1) is 23.0 Å². The van der Waals surface area contributed by atoms with E-state index in [1.807, 2.05) is 4.90 Å². The van der Waals surface area contributed by atoms with Crippen LogP contribution in [0.4, 0.5) is 43.0 Å². The summed E-state index contributed by atoms with van der Waals surface area (Å²) in [7, 11) is 0. The number of halogens is 6. The van der Waals surface area contributed by atoms with Crippen LogP contribution >= 0.6 is 11.3 Å². The third-order valence-electron chi connectivity index (χ3n) is 10.6. The molecule has 4 aromatic heterocycles. The average Bonchev–Trinajstić information content (AvgIpc) is 3.83. The Bertz CT molecular complexity index is 2570. The van der Waals surface area contributed by atoms with Gasteiger partial charge in [-0.2, -0.15) is 28.4 Å². The first-order valence-corrected chi connectivity index (χ1v) is 18.6. The van der Waals surface area contributed by atoms with Crippen LogP contribution in [-0.2, 0) is 12.6 Å². The molecule has 0 amide bonds. The number of hydrogen-bond donors (Lipinski definition) is 4. The van der Waals surface area contributed by atoms with Gasteiger partial charge in [-0.25, -0.2) is 28.1 Å². The Hall–Kier alpha value is -6.00. The number of nitrogens with one attached hydrogen (secondary N) is 1. The molecule has 6 heterocycles. The molecule has 2 fully saturated rings. The quantitative estimate of drug-likeness (QED) is 0.100. The zero-order valence-corrected chi connectivity index (χ0v) is 30.6. The zero-order valence-electron chi connectivity index (χ0n) is 29.7. The number of nitrogens with two attached hydrogens (primary N) is 2. The van der Waals surface area contributed by atoms with E-state index in [1.54, 1.807) is 30.6 Å². The van der Waals surface area contributed by atoms with E-state index in [9.17, 15) is 14.8 Å². The summed E-state index contributed by atoms with van der Waals surface area (Å²) in [6, 6.07) is 5.39. The van der Waals surface area contributed by atoms with Crippen molar-refractivity contribution >= 4 is 49.0 Å². The molecule has 0 spiro atoms. The third-order valence-corrected chi connectivity index (χ3v) is 11.7. The second-order valence-electron chi connectivity index (χ2n) is 14.1. The highest BCUT2D eigenvalue weighted by molar-refractivity contribution is 7.23. The molecule has 2 aliphatic rings. The van der Waals surface area contributed by atoms with E-state index in [0.717, 1.165) is 18.6 Å². The Morgan fingerprint density at radius 3 is 2.67 bits per heavy atom. The fourth-order valence-corrected chi connectivity index (χ4v) is 9.06. The first kappa shape index (κ1) is 37.9. The maximum absolute atomic E-state index is 17.4. The first-order valence-electron chi connectivity index (χ1n) is 17.8. The van der Waals surface area contributed by atoms with Crippen molar-refractivity contribution in [1.82, 2.24) is 29.8 Å². The second kappa shape index (κ2) is 14.5. The lowest BCUT2D eigenvalue weighted by molar-refractivity contribution is -0.138. The first-order chi connectivity index (χ1) is 27.3. The molecule has 294 valence electrons. The number of aryl methyl sites for hydroxylation is 1. The Morgan fingerprint density at radius 2 is 1.93 bits per heavy atom. The normalized spacial score (nSPS) is 18.9. The molecular weight excluding hydrogens is 775 g/mol. The summed E-state index contributed by atoms with van der Waals surface area (Å²) in [6.45, 7) is 0.710. The molecule has 12 nitrogen and oxygen atoms in total. The van der Waals surface area contributed by atoms with Gasteiger partial charge >= 0.3 is 12.2 Å². The number of fused-ring (bicyclic) bond motifs is 3. The summed E-state index contributed by atoms with van der Waals surface area (Å²) < 4.78 is 98.7. The molecule has 0 aliphatic carbocycles. The topological polar surface area (TPSA) is 185 Å². The minimum absolute atomic E-state index is 0.0777. The monoisotopic (exact) mass is 806 g/mol. The number of nitrogens with zero attached hydrogens (tertiary/aromatic N) is 7. The molecule has 2 aromatic carbocycles. The van der Waals surface area contributed by atoms with E-state index in [-0.39, 0.29) is 52.5 Å².